The Morgan fingerprint density at radius 3 is 2.33 bits per heavy atom. The van der Waals surface area contributed by atoms with E-state index in [1.807, 2.05) is 0 Å². The molecule has 0 bridgehead atoms. The number of carbonyl (C=O) groups is 3. The van der Waals surface area contributed by atoms with Gasteiger partial charge in [0.25, 0.3) is 5.91 Å². The summed E-state index contributed by atoms with van der Waals surface area (Å²) in [6.45, 7) is 1.69. The third kappa shape index (κ3) is 6.88. The van der Waals surface area contributed by atoms with Crippen LogP contribution in [0.3, 0.4) is 0 Å². The predicted molar refractivity (Wildman–Crippen MR) is 124 cm³/mol. The van der Waals surface area contributed by atoms with Crippen molar-refractivity contribution in [2.75, 3.05) is 22.9 Å². The fourth-order valence-electron chi connectivity index (χ4n) is 2.88. The van der Waals surface area contributed by atoms with E-state index in [9.17, 15) is 18.8 Å². The Bertz CT molecular complexity index is 1150. The zero-order chi connectivity index (χ0) is 23.8. The number of hydrogen-bond donors (Lipinski definition) is 3. The summed E-state index contributed by atoms with van der Waals surface area (Å²) in [5.41, 5.74) is 1.24. The van der Waals surface area contributed by atoms with Crippen molar-refractivity contribution < 1.29 is 18.8 Å². The molecule has 0 radical (unpaired) electrons. The van der Waals surface area contributed by atoms with Crippen LogP contribution in [0.1, 0.15) is 23.1 Å². The molecule has 172 valence electrons. The van der Waals surface area contributed by atoms with Crippen LogP contribution in [0.15, 0.2) is 53.7 Å². The van der Waals surface area contributed by atoms with Gasteiger partial charge in [0.15, 0.2) is 5.16 Å². The third-order valence-electron chi connectivity index (χ3n) is 4.50. The van der Waals surface area contributed by atoms with E-state index in [4.69, 9.17) is 0 Å². The molecule has 0 saturated carbocycles. The summed E-state index contributed by atoms with van der Waals surface area (Å²) in [4.78, 5) is 35.4. The summed E-state index contributed by atoms with van der Waals surface area (Å²) < 4.78 is 15.4. The van der Waals surface area contributed by atoms with Crippen molar-refractivity contribution in [1.29, 1.82) is 0 Å². The summed E-state index contributed by atoms with van der Waals surface area (Å²) in [5.74, 6) is -0.697. The first-order chi connectivity index (χ1) is 15.8. The van der Waals surface area contributed by atoms with Gasteiger partial charge in [0.2, 0.25) is 11.8 Å². The molecule has 3 N–H and O–H groups in total. The molecule has 0 unspecified atom stereocenters. The first-order valence-electron chi connectivity index (χ1n) is 10.0. The van der Waals surface area contributed by atoms with Crippen LogP contribution in [0, 0.1) is 5.82 Å². The van der Waals surface area contributed by atoms with Gasteiger partial charge in [0.1, 0.15) is 11.6 Å². The first kappa shape index (κ1) is 23.9. The second kappa shape index (κ2) is 11.2. The molecular formula is C22H23FN6O3S. The Kier molecular flexibility index (Phi) is 8.14. The maximum absolute atomic E-state index is 13.7. The average molecular weight is 471 g/mol. The van der Waals surface area contributed by atoms with Crippen molar-refractivity contribution >= 4 is 40.9 Å². The Balaban J connectivity index is 1.45. The Morgan fingerprint density at radius 2 is 1.67 bits per heavy atom. The van der Waals surface area contributed by atoms with Gasteiger partial charge in [-0.05, 0) is 36.4 Å². The second-order valence-electron chi connectivity index (χ2n) is 7.04. The minimum absolute atomic E-state index is 0.0116. The van der Waals surface area contributed by atoms with Crippen molar-refractivity contribution in [3.05, 3.63) is 65.7 Å². The number of nitrogens with zero attached hydrogens (tertiary/aromatic N) is 3. The number of thioether (sulfide) groups is 1. The number of aromatic nitrogens is 3. The van der Waals surface area contributed by atoms with Gasteiger partial charge in [0.05, 0.1) is 11.3 Å². The van der Waals surface area contributed by atoms with E-state index >= 15 is 0 Å². The molecule has 0 aliphatic rings. The van der Waals surface area contributed by atoms with Crippen LogP contribution in [0.2, 0.25) is 0 Å². The van der Waals surface area contributed by atoms with Gasteiger partial charge in [0, 0.05) is 38.3 Å². The SMILES string of the molecule is CC(=O)Nc1ccc(NC(=O)CSc2nnc(CCNC(=O)c3ccccc3F)n2C)cc1. The van der Waals surface area contributed by atoms with Gasteiger partial charge in [-0.25, -0.2) is 4.39 Å². The predicted octanol–water partition coefficient (Wildman–Crippen LogP) is 2.62. The van der Waals surface area contributed by atoms with E-state index in [0.717, 1.165) is 0 Å². The Morgan fingerprint density at radius 1 is 1.00 bits per heavy atom. The molecule has 11 heteroatoms. The maximum Gasteiger partial charge on any atom is 0.254 e. The summed E-state index contributed by atoms with van der Waals surface area (Å²) in [7, 11) is 1.77. The standard InChI is InChI=1S/C22H23FN6O3S/c1-14(30)25-15-7-9-16(10-8-15)26-20(31)13-33-22-28-27-19(29(22)2)11-12-24-21(32)17-5-3-4-6-18(17)23/h3-10H,11-13H2,1-2H3,(H,24,32)(H,25,30)(H,26,31). The van der Waals surface area contributed by atoms with Crippen LogP contribution in [0.5, 0.6) is 0 Å². The number of hydrogen-bond acceptors (Lipinski definition) is 6. The van der Waals surface area contributed by atoms with Gasteiger partial charge >= 0.3 is 0 Å². The molecule has 0 spiro atoms. The topological polar surface area (TPSA) is 118 Å². The summed E-state index contributed by atoms with van der Waals surface area (Å²) in [6, 6.07) is 12.6. The average Bonchev–Trinajstić information content (AvgIpc) is 3.13. The van der Waals surface area contributed by atoms with E-state index in [1.165, 1.54) is 36.9 Å². The van der Waals surface area contributed by atoms with Crippen LogP contribution in [0.25, 0.3) is 0 Å². The minimum atomic E-state index is -0.575. The monoisotopic (exact) mass is 470 g/mol. The normalized spacial score (nSPS) is 10.5. The van der Waals surface area contributed by atoms with Gasteiger partial charge in [-0.3, -0.25) is 14.4 Å². The van der Waals surface area contributed by atoms with Crippen molar-refractivity contribution in [3.8, 4) is 0 Å². The van der Waals surface area contributed by atoms with Crippen LogP contribution in [0.4, 0.5) is 15.8 Å². The quantitative estimate of drug-likeness (QED) is 0.414. The molecule has 1 aromatic heterocycles. The van der Waals surface area contributed by atoms with Crippen LogP contribution >= 0.6 is 11.8 Å². The van der Waals surface area contributed by atoms with E-state index in [-0.39, 0.29) is 29.7 Å². The van der Waals surface area contributed by atoms with Crippen molar-refractivity contribution in [2.24, 2.45) is 7.05 Å². The molecule has 0 aliphatic carbocycles. The Labute approximate surface area is 194 Å². The van der Waals surface area contributed by atoms with Crippen molar-refractivity contribution in [1.82, 2.24) is 20.1 Å². The molecule has 0 saturated heterocycles. The van der Waals surface area contributed by atoms with E-state index < -0.39 is 11.7 Å². The number of rotatable bonds is 9. The lowest BCUT2D eigenvalue weighted by Crippen LogP contribution is -2.27. The van der Waals surface area contributed by atoms with Crippen LogP contribution in [-0.4, -0.2) is 44.8 Å². The van der Waals surface area contributed by atoms with Gasteiger partial charge in [-0.1, -0.05) is 23.9 Å². The van der Waals surface area contributed by atoms with E-state index in [1.54, 1.807) is 41.9 Å². The molecule has 3 aromatic rings. The van der Waals surface area contributed by atoms with E-state index in [0.29, 0.717) is 28.8 Å². The lowest BCUT2D eigenvalue weighted by atomic mass is 10.2. The molecular weight excluding hydrogens is 447 g/mol. The lowest BCUT2D eigenvalue weighted by Gasteiger charge is -2.08. The molecule has 1 heterocycles. The van der Waals surface area contributed by atoms with Crippen LogP contribution in [-0.2, 0) is 23.1 Å². The number of amides is 3. The number of nitrogens with one attached hydrogen (secondary N) is 3. The highest BCUT2D eigenvalue weighted by molar-refractivity contribution is 7.99. The highest BCUT2D eigenvalue weighted by Gasteiger charge is 2.14. The smallest absolute Gasteiger partial charge is 0.254 e. The number of carbonyl (C=O) groups excluding carboxylic acids is 3. The second-order valence-corrected chi connectivity index (χ2v) is 7.98. The summed E-state index contributed by atoms with van der Waals surface area (Å²) in [5, 5.41) is 16.8. The van der Waals surface area contributed by atoms with Crippen molar-refractivity contribution in [3.63, 3.8) is 0 Å². The lowest BCUT2D eigenvalue weighted by molar-refractivity contribution is -0.114. The van der Waals surface area contributed by atoms with Crippen molar-refractivity contribution in [2.45, 2.75) is 18.5 Å². The molecule has 0 fully saturated rings. The Hall–Kier alpha value is -3.73. The highest BCUT2D eigenvalue weighted by Crippen LogP contribution is 2.18. The minimum Gasteiger partial charge on any atom is -0.351 e. The zero-order valence-corrected chi connectivity index (χ0v) is 18.9. The number of anilines is 2. The van der Waals surface area contributed by atoms with Gasteiger partial charge in [-0.15, -0.1) is 10.2 Å². The molecule has 3 rings (SSSR count). The summed E-state index contributed by atoms with van der Waals surface area (Å²) in [6.07, 6.45) is 0.400. The summed E-state index contributed by atoms with van der Waals surface area (Å²) >= 11 is 1.23. The fourth-order valence-corrected chi connectivity index (χ4v) is 3.61. The largest absolute Gasteiger partial charge is 0.351 e. The first-order valence-corrected chi connectivity index (χ1v) is 11.0. The highest BCUT2D eigenvalue weighted by atomic mass is 32.2. The molecule has 33 heavy (non-hydrogen) atoms. The van der Waals surface area contributed by atoms with Crippen LogP contribution < -0.4 is 16.0 Å². The molecule has 0 atom stereocenters. The molecule has 3 amide bonds. The molecule has 2 aromatic carbocycles. The number of halogens is 1. The fraction of sp³-hybridized carbons (Fsp3) is 0.227. The molecule has 0 aliphatic heterocycles. The van der Waals surface area contributed by atoms with Gasteiger partial charge < -0.3 is 20.5 Å². The third-order valence-corrected chi connectivity index (χ3v) is 5.52. The van der Waals surface area contributed by atoms with E-state index in [2.05, 4.69) is 26.1 Å². The maximum atomic E-state index is 13.7. The zero-order valence-electron chi connectivity index (χ0n) is 18.1. The molecule has 9 nitrogen and oxygen atoms in total. The number of benzene rings is 2. The van der Waals surface area contributed by atoms with Gasteiger partial charge in [-0.2, -0.15) is 0 Å².